The average Bonchev–Trinajstić information content (AvgIpc) is 3.24. The number of aromatic nitrogens is 3. The van der Waals surface area contributed by atoms with Gasteiger partial charge in [-0.25, -0.2) is 4.79 Å². The Morgan fingerprint density at radius 1 is 1.14 bits per heavy atom. The number of esters is 1. The summed E-state index contributed by atoms with van der Waals surface area (Å²) in [5.74, 6) is -0.743. The Balaban J connectivity index is 1.64. The van der Waals surface area contributed by atoms with E-state index in [0.717, 1.165) is 11.8 Å². The van der Waals surface area contributed by atoms with Crippen LogP contribution in [0.15, 0.2) is 60.3 Å². The molecule has 35 heavy (non-hydrogen) atoms. The number of rotatable bonds is 10. The number of methoxy groups -OCH3 is 1. The molecule has 1 heterocycles. The second-order valence-corrected chi connectivity index (χ2v) is 8.74. The number of anilines is 1. The van der Waals surface area contributed by atoms with Gasteiger partial charge < -0.3 is 19.9 Å². The number of carbonyl (C=O) groups excluding carboxylic acids is 3. The zero-order valence-electron chi connectivity index (χ0n) is 18.6. The number of hydrogen-bond acceptors (Lipinski definition) is 7. The molecule has 0 spiro atoms. The van der Waals surface area contributed by atoms with Crippen LogP contribution in [0.25, 0.3) is 0 Å². The molecule has 0 radical (unpaired) electrons. The van der Waals surface area contributed by atoms with E-state index < -0.39 is 5.97 Å². The maximum Gasteiger partial charge on any atom is 0.339 e. The molecule has 182 valence electrons. The number of carbonyl (C=O) groups is 3. The fourth-order valence-electron chi connectivity index (χ4n) is 2.96. The van der Waals surface area contributed by atoms with Crippen molar-refractivity contribution in [2.75, 3.05) is 18.2 Å². The van der Waals surface area contributed by atoms with Gasteiger partial charge in [0, 0.05) is 12.1 Å². The number of thioether (sulfide) groups is 1. The summed E-state index contributed by atoms with van der Waals surface area (Å²) in [5.41, 5.74) is 0.957. The number of nitrogens with one attached hydrogen (secondary N) is 2. The molecule has 1 aromatic heterocycles. The van der Waals surface area contributed by atoms with Crippen LogP contribution in [0, 0.1) is 0 Å². The van der Waals surface area contributed by atoms with E-state index >= 15 is 0 Å². The van der Waals surface area contributed by atoms with Gasteiger partial charge in [0.05, 0.1) is 40.7 Å². The molecule has 3 rings (SSSR count). The highest BCUT2D eigenvalue weighted by Crippen LogP contribution is 2.23. The molecule has 2 aromatic carbocycles. The van der Waals surface area contributed by atoms with Gasteiger partial charge in [0.15, 0.2) is 11.0 Å². The summed E-state index contributed by atoms with van der Waals surface area (Å²) >= 11 is 13.0. The largest absolute Gasteiger partial charge is 0.465 e. The molecule has 0 aliphatic carbocycles. The third-order valence-electron chi connectivity index (χ3n) is 4.63. The van der Waals surface area contributed by atoms with Crippen LogP contribution >= 0.6 is 35.0 Å². The second-order valence-electron chi connectivity index (χ2n) is 6.98. The normalized spacial score (nSPS) is 10.5. The molecule has 2 amide bonds. The van der Waals surface area contributed by atoms with Crippen molar-refractivity contribution in [1.82, 2.24) is 20.1 Å². The number of hydrogen-bond donors (Lipinski definition) is 2. The lowest BCUT2D eigenvalue weighted by Gasteiger charge is -2.10. The first-order valence-corrected chi connectivity index (χ1v) is 11.9. The molecule has 0 unspecified atom stereocenters. The maximum absolute atomic E-state index is 12.5. The number of para-hydroxylation sites is 1. The fourth-order valence-corrected chi connectivity index (χ4v) is 4.03. The van der Waals surface area contributed by atoms with Crippen molar-refractivity contribution < 1.29 is 19.1 Å². The number of allylic oxidation sites excluding steroid dienone is 1. The third-order valence-corrected chi connectivity index (χ3v) is 6.34. The fraction of sp³-hybridized carbons (Fsp3) is 0.174. The lowest BCUT2D eigenvalue weighted by molar-refractivity contribution is -0.113. The van der Waals surface area contributed by atoms with Crippen LogP contribution in [0.5, 0.6) is 0 Å². The van der Waals surface area contributed by atoms with Crippen LogP contribution in [0.3, 0.4) is 0 Å². The van der Waals surface area contributed by atoms with Crippen LogP contribution in [-0.4, -0.2) is 45.4 Å². The summed E-state index contributed by atoms with van der Waals surface area (Å²) in [6.07, 6.45) is 1.66. The van der Waals surface area contributed by atoms with E-state index in [1.165, 1.54) is 13.2 Å². The van der Waals surface area contributed by atoms with Gasteiger partial charge in [-0.1, -0.05) is 53.2 Å². The number of halogens is 2. The highest BCUT2D eigenvalue weighted by molar-refractivity contribution is 7.99. The third kappa shape index (κ3) is 6.84. The van der Waals surface area contributed by atoms with E-state index in [1.807, 2.05) is 0 Å². The lowest BCUT2D eigenvalue weighted by atomic mass is 10.2. The zero-order valence-corrected chi connectivity index (χ0v) is 20.9. The number of benzene rings is 2. The molecule has 3 aromatic rings. The molecule has 0 saturated heterocycles. The van der Waals surface area contributed by atoms with Crippen molar-refractivity contribution in [1.29, 1.82) is 0 Å². The van der Waals surface area contributed by atoms with E-state index in [-0.39, 0.29) is 34.7 Å². The van der Waals surface area contributed by atoms with Crippen molar-refractivity contribution in [3.8, 4) is 0 Å². The Morgan fingerprint density at radius 2 is 1.91 bits per heavy atom. The van der Waals surface area contributed by atoms with E-state index in [2.05, 4.69) is 27.4 Å². The predicted molar refractivity (Wildman–Crippen MR) is 135 cm³/mol. The highest BCUT2D eigenvalue weighted by atomic mass is 35.5. The first kappa shape index (κ1) is 26.3. The lowest BCUT2D eigenvalue weighted by Crippen LogP contribution is -2.25. The Labute approximate surface area is 215 Å². The number of amides is 2. The van der Waals surface area contributed by atoms with Crippen molar-refractivity contribution in [2.24, 2.45) is 0 Å². The highest BCUT2D eigenvalue weighted by Gasteiger charge is 2.17. The molecule has 2 N–H and O–H groups in total. The molecule has 0 aliphatic rings. The van der Waals surface area contributed by atoms with Gasteiger partial charge in [-0.15, -0.1) is 16.8 Å². The first-order valence-electron chi connectivity index (χ1n) is 10.2. The summed E-state index contributed by atoms with van der Waals surface area (Å²) in [6, 6.07) is 11.1. The minimum atomic E-state index is -0.549. The van der Waals surface area contributed by atoms with Crippen molar-refractivity contribution in [2.45, 2.75) is 18.2 Å². The van der Waals surface area contributed by atoms with Gasteiger partial charge in [-0.05, 0) is 30.3 Å². The molecular weight excluding hydrogens is 513 g/mol. The second kappa shape index (κ2) is 12.4. The molecule has 12 heteroatoms. The molecule has 0 bridgehead atoms. The summed E-state index contributed by atoms with van der Waals surface area (Å²) in [5, 5.41) is 14.8. The van der Waals surface area contributed by atoms with Crippen LogP contribution in [0.1, 0.15) is 26.5 Å². The molecule has 0 aliphatic heterocycles. The Morgan fingerprint density at radius 3 is 2.63 bits per heavy atom. The van der Waals surface area contributed by atoms with Crippen LogP contribution in [-0.2, 0) is 22.6 Å². The van der Waals surface area contributed by atoms with E-state index in [1.54, 1.807) is 47.0 Å². The average molecular weight is 534 g/mol. The van der Waals surface area contributed by atoms with Crippen molar-refractivity contribution >= 4 is 58.4 Å². The van der Waals surface area contributed by atoms with Gasteiger partial charge in [0.1, 0.15) is 0 Å². The Kier molecular flexibility index (Phi) is 9.30. The van der Waals surface area contributed by atoms with Gasteiger partial charge in [0.2, 0.25) is 5.91 Å². The molecule has 0 saturated carbocycles. The van der Waals surface area contributed by atoms with Gasteiger partial charge >= 0.3 is 5.97 Å². The SMILES string of the molecule is C=CCn1c(CNC(=O)c2ccc(Cl)c(Cl)c2)nnc1SCC(=O)Nc1ccccc1C(=O)OC. The van der Waals surface area contributed by atoms with E-state index in [9.17, 15) is 14.4 Å². The summed E-state index contributed by atoms with van der Waals surface area (Å²) in [6.45, 7) is 4.21. The summed E-state index contributed by atoms with van der Waals surface area (Å²) in [7, 11) is 1.27. The molecule has 9 nitrogen and oxygen atoms in total. The van der Waals surface area contributed by atoms with Crippen molar-refractivity contribution in [3.63, 3.8) is 0 Å². The Hall–Kier alpha value is -3.34. The minimum Gasteiger partial charge on any atom is -0.465 e. The molecule has 0 atom stereocenters. The van der Waals surface area contributed by atoms with E-state index in [4.69, 9.17) is 27.9 Å². The van der Waals surface area contributed by atoms with Crippen LogP contribution in [0.4, 0.5) is 5.69 Å². The zero-order chi connectivity index (χ0) is 25.4. The van der Waals surface area contributed by atoms with Gasteiger partial charge in [-0.2, -0.15) is 0 Å². The monoisotopic (exact) mass is 533 g/mol. The molecular formula is C23H21Cl2N5O4S. The van der Waals surface area contributed by atoms with Gasteiger partial charge in [-0.3, -0.25) is 9.59 Å². The van der Waals surface area contributed by atoms with Crippen LogP contribution < -0.4 is 10.6 Å². The number of nitrogens with zero attached hydrogens (tertiary/aromatic N) is 3. The quantitative estimate of drug-likeness (QED) is 0.227. The summed E-state index contributed by atoms with van der Waals surface area (Å²) in [4.78, 5) is 36.9. The van der Waals surface area contributed by atoms with Crippen molar-refractivity contribution in [3.05, 3.63) is 82.1 Å². The van der Waals surface area contributed by atoms with Gasteiger partial charge in [0.25, 0.3) is 5.91 Å². The smallest absolute Gasteiger partial charge is 0.339 e. The standard InChI is InChI=1S/C23H21Cl2N5O4S/c1-3-10-30-19(12-26-21(32)14-8-9-16(24)17(25)11-14)28-29-23(30)35-13-20(31)27-18-7-5-4-6-15(18)22(33)34-2/h3-9,11H,1,10,12-13H2,2H3,(H,26,32)(H,27,31). The predicted octanol–water partition coefficient (Wildman–Crippen LogP) is 4.22. The Bertz CT molecular complexity index is 1260. The number of ether oxygens (including phenoxy) is 1. The summed E-state index contributed by atoms with van der Waals surface area (Å²) < 4.78 is 6.48. The first-order chi connectivity index (χ1) is 16.8. The van der Waals surface area contributed by atoms with Crippen LogP contribution in [0.2, 0.25) is 10.0 Å². The van der Waals surface area contributed by atoms with E-state index in [0.29, 0.717) is 33.8 Å². The molecule has 0 fully saturated rings. The maximum atomic E-state index is 12.5. The minimum absolute atomic E-state index is 0.0143. The topological polar surface area (TPSA) is 115 Å².